The second kappa shape index (κ2) is 4.14. The number of amides is 1. The van der Waals surface area contributed by atoms with Gasteiger partial charge in [0.15, 0.2) is 0 Å². The van der Waals surface area contributed by atoms with E-state index in [2.05, 4.69) is 5.32 Å². The summed E-state index contributed by atoms with van der Waals surface area (Å²) in [5.41, 5.74) is 0.636. The Morgan fingerprint density at radius 3 is 2.69 bits per heavy atom. The lowest BCUT2D eigenvalue weighted by Crippen LogP contribution is -2.05. The van der Waals surface area contributed by atoms with Crippen molar-refractivity contribution in [3.63, 3.8) is 0 Å². The van der Waals surface area contributed by atoms with Crippen LogP contribution in [0.25, 0.3) is 0 Å². The maximum absolute atomic E-state index is 10.7. The summed E-state index contributed by atoms with van der Waals surface area (Å²) in [5, 5.41) is 3.15. The van der Waals surface area contributed by atoms with Crippen molar-refractivity contribution in [2.45, 2.75) is 6.92 Å². The Labute approximate surface area is 81.7 Å². The molecule has 0 aliphatic heterocycles. The lowest BCUT2D eigenvalue weighted by Gasteiger charge is -2.05. The Hall–Kier alpha value is -1.22. The van der Waals surface area contributed by atoms with Gasteiger partial charge in [0.25, 0.3) is 0 Å². The van der Waals surface area contributed by atoms with E-state index in [-0.39, 0.29) is 5.91 Å². The van der Waals surface area contributed by atoms with E-state index in [1.54, 1.807) is 25.3 Å². The molecule has 0 radical (unpaired) electrons. The Kier molecular flexibility index (Phi) is 3.14. The summed E-state index contributed by atoms with van der Waals surface area (Å²) in [6, 6.07) is 5.03. The number of carbonyl (C=O) groups is 1. The molecule has 0 saturated heterocycles. The van der Waals surface area contributed by atoms with Crippen molar-refractivity contribution >= 4 is 23.2 Å². The van der Waals surface area contributed by atoms with Gasteiger partial charge in [-0.05, 0) is 12.1 Å². The van der Waals surface area contributed by atoms with Crippen LogP contribution in [0, 0.1) is 0 Å². The highest BCUT2D eigenvalue weighted by molar-refractivity contribution is 6.31. The molecule has 4 heteroatoms. The molecule has 13 heavy (non-hydrogen) atoms. The predicted molar refractivity (Wildman–Crippen MR) is 52.3 cm³/mol. The molecule has 1 aromatic carbocycles. The molecule has 1 amide bonds. The quantitative estimate of drug-likeness (QED) is 0.794. The number of anilines is 1. The lowest BCUT2D eigenvalue weighted by molar-refractivity contribution is -0.114. The van der Waals surface area contributed by atoms with Crippen molar-refractivity contribution in [3.8, 4) is 5.75 Å². The van der Waals surface area contributed by atoms with Crippen LogP contribution in [0.5, 0.6) is 5.75 Å². The monoisotopic (exact) mass is 199 g/mol. The van der Waals surface area contributed by atoms with Crippen LogP contribution in [0.3, 0.4) is 0 Å². The summed E-state index contributed by atoms with van der Waals surface area (Å²) in [5.74, 6) is 0.487. The second-order valence-corrected chi connectivity index (χ2v) is 3.00. The van der Waals surface area contributed by atoms with Crippen LogP contribution >= 0.6 is 11.6 Å². The van der Waals surface area contributed by atoms with E-state index in [4.69, 9.17) is 16.3 Å². The van der Waals surface area contributed by atoms with Crippen LogP contribution in [0.4, 0.5) is 5.69 Å². The van der Waals surface area contributed by atoms with Crippen molar-refractivity contribution < 1.29 is 9.53 Å². The Morgan fingerprint density at radius 2 is 2.15 bits per heavy atom. The van der Waals surface area contributed by atoms with E-state index < -0.39 is 0 Å². The van der Waals surface area contributed by atoms with Gasteiger partial charge in [-0.1, -0.05) is 11.6 Å². The van der Waals surface area contributed by atoms with Gasteiger partial charge in [0.05, 0.1) is 7.11 Å². The summed E-state index contributed by atoms with van der Waals surface area (Å²) >= 11 is 5.78. The van der Waals surface area contributed by atoms with Crippen molar-refractivity contribution in [2.24, 2.45) is 0 Å². The molecule has 0 saturated carbocycles. The number of hydrogen-bond acceptors (Lipinski definition) is 2. The average molecular weight is 200 g/mol. The molecule has 0 aromatic heterocycles. The highest BCUT2D eigenvalue weighted by Crippen LogP contribution is 2.23. The number of ether oxygens (including phenoxy) is 1. The molecule has 0 atom stereocenters. The fourth-order valence-electron chi connectivity index (χ4n) is 0.956. The third-order valence-corrected chi connectivity index (χ3v) is 1.65. The maximum Gasteiger partial charge on any atom is 0.221 e. The SMILES string of the molecule is COc1cc(Cl)cc(NC(C)=O)c1. The molecule has 0 aliphatic carbocycles. The van der Waals surface area contributed by atoms with Crippen molar-refractivity contribution in [2.75, 3.05) is 12.4 Å². The highest BCUT2D eigenvalue weighted by Gasteiger charge is 2.00. The van der Waals surface area contributed by atoms with Crippen LogP contribution in [-0.2, 0) is 4.79 Å². The molecule has 0 spiro atoms. The molecule has 1 rings (SSSR count). The second-order valence-electron chi connectivity index (χ2n) is 2.56. The van der Waals surface area contributed by atoms with E-state index in [9.17, 15) is 4.79 Å². The maximum atomic E-state index is 10.7. The van der Waals surface area contributed by atoms with Crippen LogP contribution in [0.2, 0.25) is 5.02 Å². The number of benzene rings is 1. The Balaban J connectivity index is 2.94. The predicted octanol–water partition coefficient (Wildman–Crippen LogP) is 2.31. The van der Waals surface area contributed by atoms with Gasteiger partial charge in [-0.15, -0.1) is 0 Å². The topological polar surface area (TPSA) is 38.3 Å². The van der Waals surface area contributed by atoms with Gasteiger partial charge in [-0.2, -0.15) is 0 Å². The van der Waals surface area contributed by atoms with Crippen LogP contribution in [0.15, 0.2) is 18.2 Å². The lowest BCUT2D eigenvalue weighted by atomic mass is 10.3. The summed E-state index contributed by atoms with van der Waals surface area (Å²) in [6.45, 7) is 1.44. The summed E-state index contributed by atoms with van der Waals surface area (Å²) in [7, 11) is 1.54. The number of hydrogen-bond donors (Lipinski definition) is 1. The van der Waals surface area contributed by atoms with Crippen LogP contribution < -0.4 is 10.1 Å². The number of halogens is 1. The average Bonchev–Trinajstić information content (AvgIpc) is 2.01. The van der Waals surface area contributed by atoms with Gasteiger partial charge in [-0.25, -0.2) is 0 Å². The molecule has 0 unspecified atom stereocenters. The molecular weight excluding hydrogens is 190 g/mol. The summed E-state index contributed by atoms with van der Waals surface area (Å²) in [6.07, 6.45) is 0. The van der Waals surface area contributed by atoms with E-state index in [0.29, 0.717) is 16.5 Å². The van der Waals surface area contributed by atoms with Crippen LogP contribution in [0.1, 0.15) is 6.92 Å². The molecule has 1 N–H and O–H groups in total. The molecule has 0 bridgehead atoms. The molecule has 0 aliphatic rings. The van der Waals surface area contributed by atoms with Crippen molar-refractivity contribution in [1.82, 2.24) is 0 Å². The van der Waals surface area contributed by atoms with Gasteiger partial charge < -0.3 is 10.1 Å². The van der Waals surface area contributed by atoms with Gasteiger partial charge in [0.2, 0.25) is 5.91 Å². The fraction of sp³-hybridized carbons (Fsp3) is 0.222. The fourth-order valence-corrected chi connectivity index (χ4v) is 1.18. The molecule has 0 fully saturated rings. The zero-order chi connectivity index (χ0) is 9.84. The van der Waals surface area contributed by atoms with Crippen LogP contribution in [-0.4, -0.2) is 13.0 Å². The molecule has 70 valence electrons. The summed E-state index contributed by atoms with van der Waals surface area (Å²) < 4.78 is 4.98. The first kappa shape index (κ1) is 9.86. The Morgan fingerprint density at radius 1 is 1.46 bits per heavy atom. The van der Waals surface area contributed by atoms with Crippen molar-refractivity contribution in [3.05, 3.63) is 23.2 Å². The van der Waals surface area contributed by atoms with Gasteiger partial charge in [0, 0.05) is 23.7 Å². The smallest absolute Gasteiger partial charge is 0.221 e. The third-order valence-electron chi connectivity index (χ3n) is 1.43. The largest absolute Gasteiger partial charge is 0.497 e. The summed E-state index contributed by atoms with van der Waals surface area (Å²) in [4.78, 5) is 10.7. The first-order chi connectivity index (χ1) is 6.11. The number of rotatable bonds is 2. The van der Waals surface area contributed by atoms with E-state index in [1.807, 2.05) is 0 Å². The number of methoxy groups -OCH3 is 1. The normalized spacial score (nSPS) is 9.46. The minimum absolute atomic E-state index is 0.135. The molecule has 3 nitrogen and oxygen atoms in total. The third kappa shape index (κ3) is 2.95. The minimum Gasteiger partial charge on any atom is -0.497 e. The standard InChI is InChI=1S/C9H10ClNO2/c1-6(12)11-8-3-7(10)4-9(5-8)13-2/h3-5H,1-2H3,(H,11,12). The zero-order valence-corrected chi connectivity index (χ0v) is 8.18. The van der Waals surface area contributed by atoms with Gasteiger partial charge >= 0.3 is 0 Å². The number of carbonyl (C=O) groups excluding carboxylic acids is 1. The first-order valence-corrected chi connectivity index (χ1v) is 4.12. The number of nitrogens with one attached hydrogen (secondary N) is 1. The highest BCUT2D eigenvalue weighted by atomic mass is 35.5. The minimum atomic E-state index is -0.135. The van der Waals surface area contributed by atoms with Crippen molar-refractivity contribution in [1.29, 1.82) is 0 Å². The Bertz CT molecular complexity index is 325. The molecule has 0 heterocycles. The van der Waals surface area contributed by atoms with Gasteiger partial charge in [0.1, 0.15) is 5.75 Å². The molecule has 1 aromatic rings. The van der Waals surface area contributed by atoms with E-state index >= 15 is 0 Å². The van der Waals surface area contributed by atoms with Gasteiger partial charge in [-0.3, -0.25) is 4.79 Å². The molecular formula is C9H10ClNO2. The zero-order valence-electron chi connectivity index (χ0n) is 7.43. The van der Waals surface area contributed by atoms with E-state index in [0.717, 1.165) is 0 Å². The first-order valence-electron chi connectivity index (χ1n) is 3.74. The van der Waals surface area contributed by atoms with E-state index in [1.165, 1.54) is 6.92 Å².